The van der Waals surface area contributed by atoms with Crippen LogP contribution in [0, 0.1) is 0 Å². The van der Waals surface area contributed by atoms with E-state index in [1.54, 1.807) is 11.8 Å². The normalized spacial score (nSPS) is 21.0. The number of piperidine rings is 1. The molecule has 0 saturated carbocycles. The molecule has 26 heavy (non-hydrogen) atoms. The van der Waals surface area contributed by atoms with Gasteiger partial charge < -0.3 is 19.3 Å². The van der Waals surface area contributed by atoms with E-state index in [1.165, 1.54) is 0 Å². The highest BCUT2D eigenvalue weighted by molar-refractivity contribution is 7.98. The Bertz CT molecular complexity index is 605. The second-order valence-electron chi connectivity index (χ2n) is 6.64. The van der Waals surface area contributed by atoms with Crippen molar-refractivity contribution >= 4 is 23.8 Å². The summed E-state index contributed by atoms with van der Waals surface area (Å²) in [6.45, 7) is 2.34. The zero-order valence-electron chi connectivity index (χ0n) is 15.1. The molecule has 2 saturated heterocycles. The number of nitrogens with zero attached hydrogens (tertiary/aromatic N) is 2. The minimum absolute atomic E-state index is 0.147. The number of hydrogen-bond donors (Lipinski definition) is 0. The Balaban J connectivity index is 1.44. The topological polar surface area (TPSA) is 59.1 Å². The average molecular weight is 378 g/mol. The maximum absolute atomic E-state index is 12.2. The molecule has 1 aromatic rings. The molecule has 2 amide bonds. The first kappa shape index (κ1) is 18.9. The van der Waals surface area contributed by atoms with E-state index in [4.69, 9.17) is 9.47 Å². The van der Waals surface area contributed by atoms with Crippen LogP contribution in [-0.4, -0.2) is 72.2 Å². The van der Waals surface area contributed by atoms with Gasteiger partial charge in [-0.3, -0.25) is 4.79 Å². The van der Waals surface area contributed by atoms with Crippen molar-refractivity contribution in [3.8, 4) is 5.75 Å². The Morgan fingerprint density at radius 1 is 1.27 bits per heavy atom. The third-order valence-electron chi connectivity index (χ3n) is 4.86. The molecule has 0 bridgehead atoms. The molecule has 0 aromatic heterocycles. The van der Waals surface area contributed by atoms with Crippen LogP contribution in [0.4, 0.5) is 4.79 Å². The van der Waals surface area contributed by atoms with Crippen LogP contribution >= 0.6 is 11.8 Å². The van der Waals surface area contributed by atoms with E-state index >= 15 is 0 Å². The standard InChI is InChI=1S/C19H26N2O4S/c1-26-12-9-18(22)20-10-7-15(8-11-20)21-13-17(25-19(21)23)14-24-16-5-3-2-4-6-16/h2-6,15,17H,7-14H2,1H3. The van der Waals surface area contributed by atoms with Gasteiger partial charge in [-0.15, -0.1) is 0 Å². The average Bonchev–Trinajstić information content (AvgIpc) is 3.06. The van der Waals surface area contributed by atoms with E-state index in [0.29, 0.717) is 32.7 Å². The number of thioether (sulfide) groups is 1. The number of carbonyl (C=O) groups excluding carboxylic acids is 2. The van der Waals surface area contributed by atoms with Crippen LogP contribution in [0.1, 0.15) is 19.3 Å². The molecule has 1 aromatic carbocycles. The van der Waals surface area contributed by atoms with E-state index in [-0.39, 0.29) is 24.1 Å². The number of hydrogen-bond acceptors (Lipinski definition) is 5. The molecule has 6 nitrogen and oxygen atoms in total. The van der Waals surface area contributed by atoms with Crippen molar-refractivity contribution in [3.63, 3.8) is 0 Å². The van der Waals surface area contributed by atoms with Gasteiger partial charge in [-0.2, -0.15) is 11.8 Å². The highest BCUT2D eigenvalue weighted by atomic mass is 32.2. The van der Waals surface area contributed by atoms with Crippen molar-refractivity contribution in [2.75, 3.05) is 38.2 Å². The predicted molar refractivity (Wildman–Crippen MR) is 102 cm³/mol. The largest absolute Gasteiger partial charge is 0.490 e. The molecule has 2 aliphatic rings. The van der Waals surface area contributed by atoms with Crippen LogP contribution < -0.4 is 4.74 Å². The molecule has 1 atom stereocenters. The lowest BCUT2D eigenvalue weighted by molar-refractivity contribution is -0.132. The summed E-state index contributed by atoms with van der Waals surface area (Å²) in [7, 11) is 0. The van der Waals surface area contributed by atoms with E-state index in [1.807, 2.05) is 46.4 Å². The van der Waals surface area contributed by atoms with Crippen LogP contribution in [0.2, 0.25) is 0 Å². The first-order valence-electron chi connectivity index (χ1n) is 9.09. The van der Waals surface area contributed by atoms with Gasteiger partial charge in [-0.25, -0.2) is 4.79 Å². The monoisotopic (exact) mass is 378 g/mol. The first-order chi connectivity index (χ1) is 12.7. The quantitative estimate of drug-likeness (QED) is 0.730. The summed E-state index contributed by atoms with van der Waals surface area (Å²) in [5.41, 5.74) is 0. The van der Waals surface area contributed by atoms with Gasteiger partial charge in [0.05, 0.1) is 6.54 Å². The van der Waals surface area contributed by atoms with Gasteiger partial charge in [0.2, 0.25) is 5.91 Å². The number of rotatable bonds is 7. The van der Waals surface area contributed by atoms with Crippen LogP contribution in [0.15, 0.2) is 30.3 Å². The molecule has 142 valence electrons. The molecule has 2 heterocycles. The fourth-order valence-corrected chi connectivity index (χ4v) is 3.79. The summed E-state index contributed by atoms with van der Waals surface area (Å²) in [6, 6.07) is 9.68. The molecule has 2 fully saturated rings. The Labute approximate surface area is 158 Å². The van der Waals surface area contributed by atoms with Gasteiger partial charge in [0.25, 0.3) is 0 Å². The third kappa shape index (κ3) is 4.84. The summed E-state index contributed by atoms with van der Waals surface area (Å²) in [5.74, 6) is 1.86. The molecule has 1 unspecified atom stereocenters. The third-order valence-corrected chi connectivity index (χ3v) is 5.47. The van der Waals surface area contributed by atoms with Crippen molar-refractivity contribution in [3.05, 3.63) is 30.3 Å². The molecule has 0 radical (unpaired) electrons. The first-order valence-corrected chi connectivity index (χ1v) is 10.5. The van der Waals surface area contributed by atoms with Gasteiger partial charge in [0, 0.05) is 31.3 Å². The van der Waals surface area contributed by atoms with Gasteiger partial charge in [-0.1, -0.05) is 18.2 Å². The van der Waals surface area contributed by atoms with E-state index in [0.717, 1.165) is 24.3 Å². The number of para-hydroxylation sites is 1. The maximum Gasteiger partial charge on any atom is 0.410 e. The number of amides is 2. The number of ether oxygens (including phenoxy) is 2. The Morgan fingerprint density at radius 2 is 2.00 bits per heavy atom. The Hall–Kier alpha value is -1.89. The highest BCUT2D eigenvalue weighted by Crippen LogP contribution is 2.23. The second-order valence-corrected chi connectivity index (χ2v) is 7.62. The number of carbonyl (C=O) groups is 2. The van der Waals surface area contributed by atoms with Crippen molar-refractivity contribution < 1.29 is 19.1 Å². The van der Waals surface area contributed by atoms with E-state index < -0.39 is 0 Å². The van der Waals surface area contributed by atoms with Gasteiger partial charge in [0.15, 0.2) is 6.10 Å². The zero-order valence-corrected chi connectivity index (χ0v) is 16.0. The zero-order chi connectivity index (χ0) is 18.4. The molecule has 0 aliphatic carbocycles. The summed E-state index contributed by atoms with van der Waals surface area (Å²) in [5, 5.41) is 0. The van der Waals surface area contributed by atoms with Crippen LogP contribution in [0.5, 0.6) is 5.75 Å². The highest BCUT2D eigenvalue weighted by Gasteiger charge is 2.38. The molecular weight excluding hydrogens is 352 g/mol. The fraction of sp³-hybridized carbons (Fsp3) is 0.579. The van der Waals surface area contributed by atoms with Gasteiger partial charge in [-0.05, 0) is 31.2 Å². The summed E-state index contributed by atoms with van der Waals surface area (Å²) in [4.78, 5) is 28.1. The lowest BCUT2D eigenvalue weighted by atomic mass is 10.0. The van der Waals surface area contributed by atoms with Crippen molar-refractivity contribution in [2.45, 2.75) is 31.4 Å². The van der Waals surface area contributed by atoms with E-state index in [9.17, 15) is 9.59 Å². The summed E-state index contributed by atoms with van der Waals surface area (Å²) in [6.07, 6.45) is 3.72. The summed E-state index contributed by atoms with van der Waals surface area (Å²) >= 11 is 1.69. The minimum atomic E-state index is -0.265. The van der Waals surface area contributed by atoms with Crippen molar-refractivity contribution in [1.82, 2.24) is 9.80 Å². The molecule has 0 N–H and O–H groups in total. The smallest absolute Gasteiger partial charge is 0.410 e. The number of likely N-dealkylation sites (tertiary alicyclic amines) is 1. The molecule has 7 heteroatoms. The molecular formula is C19H26N2O4S. The van der Waals surface area contributed by atoms with Crippen molar-refractivity contribution in [1.29, 1.82) is 0 Å². The number of cyclic esters (lactones) is 1. The molecule has 3 rings (SSSR count). The van der Waals surface area contributed by atoms with Gasteiger partial charge >= 0.3 is 6.09 Å². The minimum Gasteiger partial charge on any atom is -0.490 e. The van der Waals surface area contributed by atoms with E-state index in [2.05, 4.69) is 0 Å². The van der Waals surface area contributed by atoms with Crippen LogP contribution in [0.3, 0.4) is 0 Å². The van der Waals surface area contributed by atoms with Gasteiger partial charge in [0.1, 0.15) is 12.4 Å². The Morgan fingerprint density at radius 3 is 2.69 bits per heavy atom. The Kier molecular flexibility index (Phi) is 6.66. The SMILES string of the molecule is CSCCC(=O)N1CCC(N2CC(COc3ccccc3)OC2=O)CC1. The second kappa shape index (κ2) is 9.16. The maximum atomic E-state index is 12.2. The lowest BCUT2D eigenvalue weighted by Crippen LogP contribution is -2.47. The number of benzene rings is 1. The lowest BCUT2D eigenvalue weighted by Gasteiger charge is -2.35. The predicted octanol–water partition coefficient (Wildman–Crippen LogP) is 2.63. The summed E-state index contributed by atoms with van der Waals surface area (Å²) < 4.78 is 11.2. The van der Waals surface area contributed by atoms with Crippen LogP contribution in [-0.2, 0) is 9.53 Å². The molecule has 0 spiro atoms. The van der Waals surface area contributed by atoms with Crippen LogP contribution in [0.25, 0.3) is 0 Å². The van der Waals surface area contributed by atoms with Crippen molar-refractivity contribution in [2.24, 2.45) is 0 Å². The fourth-order valence-electron chi connectivity index (χ4n) is 3.41. The molecule has 2 aliphatic heterocycles.